The van der Waals surface area contributed by atoms with Crippen molar-refractivity contribution in [2.75, 3.05) is 30.1 Å². The predicted molar refractivity (Wildman–Crippen MR) is 131 cm³/mol. The predicted octanol–water partition coefficient (Wildman–Crippen LogP) is 4.59. The lowest BCUT2D eigenvalue weighted by Crippen LogP contribution is -2.55. The average Bonchev–Trinajstić information content (AvgIpc) is 3.23. The van der Waals surface area contributed by atoms with Crippen molar-refractivity contribution in [1.82, 2.24) is 0 Å². The van der Waals surface area contributed by atoms with Gasteiger partial charge >= 0.3 is 6.09 Å². The summed E-state index contributed by atoms with van der Waals surface area (Å²) < 4.78 is 23.4. The van der Waals surface area contributed by atoms with Crippen molar-refractivity contribution < 1.29 is 28.5 Å². The Morgan fingerprint density at radius 2 is 2.06 bits per heavy atom. The number of carbonyl (C=O) groups is 2. The van der Waals surface area contributed by atoms with E-state index < -0.39 is 24.7 Å². The number of para-hydroxylation sites is 1. The summed E-state index contributed by atoms with van der Waals surface area (Å²) in [5.74, 6) is 0.348. The number of benzene rings is 2. The van der Waals surface area contributed by atoms with Crippen LogP contribution in [-0.2, 0) is 20.6 Å². The molecule has 35 heavy (non-hydrogen) atoms. The van der Waals surface area contributed by atoms with Crippen LogP contribution in [-0.4, -0.2) is 50.9 Å². The molecule has 5 rings (SSSR count). The first-order valence-electron chi connectivity index (χ1n) is 12.0. The summed E-state index contributed by atoms with van der Waals surface area (Å²) in [5, 5.41) is 0. The summed E-state index contributed by atoms with van der Waals surface area (Å²) in [6.07, 6.45) is 2.80. The number of hydrogen-bond donors (Lipinski definition) is 0. The van der Waals surface area contributed by atoms with Crippen molar-refractivity contribution in [3.8, 4) is 5.75 Å². The Morgan fingerprint density at radius 1 is 1.23 bits per heavy atom. The van der Waals surface area contributed by atoms with Gasteiger partial charge in [0.05, 0.1) is 24.4 Å². The van der Waals surface area contributed by atoms with E-state index in [9.17, 15) is 9.59 Å². The van der Waals surface area contributed by atoms with E-state index in [1.807, 2.05) is 31.2 Å². The zero-order chi connectivity index (χ0) is 24.5. The summed E-state index contributed by atoms with van der Waals surface area (Å²) in [6.45, 7) is 6.16. The van der Waals surface area contributed by atoms with E-state index in [0.29, 0.717) is 36.4 Å². The van der Waals surface area contributed by atoms with E-state index in [1.165, 1.54) is 11.0 Å². The molecule has 2 unspecified atom stereocenters. The first-order chi connectivity index (χ1) is 17.0. The molecule has 0 aromatic heterocycles. The zero-order valence-corrected chi connectivity index (χ0v) is 20.1. The van der Waals surface area contributed by atoms with Crippen LogP contribution in [0, 0.1) is 6.92 Å². The maximum absolute atomic E-state index is 14.1. The van der Waals surface area contributed by atoms with Gasteiger partial charge in [-0.25, -0.2) is 9.69 Å². The van der Waals surface area contributed by atoms with E-state index in [1.54, 1.807) is 24.1 Å². The summed E-state index contributed by atoms with van der Waals surface area (Å²) in [7, 11) is 1.56. The minimum atomic E-state index is -0.819. The summed E-state index contributed by atoms with van der Waals surface area (Å²) >= 11 is 0. The molecule has 3 atom stereocenters. The fourth-order valence-corrected chi connectivity index (χ4v) is 5.13. The third kappa shape index (κ3) is 4.17. The lowest BCUT2D eigenvalue weighted by Gasteiger charge is -2.38. The van der Waals surface area contributed by atoms with Crippen molar-refractivity contribution in [3.05, 3.63) is 65.7 Å². The largest absolute Gasteiger partial charge is 0.496 e. The lowest BCUT2D eigenvalue weighted by atomic mass is 10.1. The number of amides is 2. The summed E-state index contributed by atoms with van der Waals surface area (Å²) in [4.78, 5) is 30.8. The number of aryl methyl sites for hydroxylation is 1. The molecule has 3 heterocycles. The second-order valence-corrected chi connectivity index (χ2v) is 8.97. The average molecular weight is 479 g/mol. The molecule has 0 spiro atoms. The van der Waals surface area contributed by atoms with Crippen LogP contribution in [0.1, 0.15) is 40.7 Å². The number of ether oxygens (including phenoxy) is 4. The second kappa shape index (κ2) is 9.71. The maximum Gasteiger partial charge on any atom is 0.416 e. The van der Waals surface area contributed by atoms with Crippen LogP contribution >= 0.6 is 0 Å². The third-order valence-electron chi connectivity index (χ3n) is 6.77. The van der Waals surface area contributed by atoms with Gasteiger partial charge in [0.15, 0.2) is 12.5 Å². The van der Waals surface area contributed by atoms with Gasteiger partial charge < -0.3 is 23.8 Å². The van der Waals surface area contributed by atoms with Gasteiger partial charge in [0.2, 0.25) is 0 Å². The fraction of sp³-hybridized carbons (Fsp3) is 0.407. The summed E-state index contributed by atoms with van der Waals surface area (Å²) in [6, 6.07) is 10.8. The second-order valence-electron chi connectivity index (χ2n) is 8.97. The number of fused-ring (bicyclic) bond motifs is 4. The monoisotopic (exact) mass is 478 g/mol. The first kappa shape index (κ1) is 23.4. The molecule has 0 saturated carbocycles. The lowest BCUT2D eigenvalue weighted by molar-refractivity contribution is -0.190. The molecule has 0 aliphatic carbocycles. The van der Waals surface area contributed by atoms with E-state index in [-0.39, 0.29) is 12.5 Å². The van der Waals surface area contributed by atoms with E-state index in [0.717, 1.165) is 29.7 Å². The molecule has 3 aliphatic rings. The SMILES string of the molecule is C=CCOC(=O)N1c2cc(C)c(OC)cc2C(=O)N2c3ccccc3C[C@H]2C1OC1CCCCO1. The van der Waals surface area contributed by atoms with E-state index in [2.05, 4.69) is 6.58 Å². The molecule has 1 saturated heterocycles. The van der Waals surface area contributed by atoms with Crippen molar-refractivity contribution >= 4 is 23.4 Å². The van der Waals surface area contributed by atoms with Gasteiger partial charge in [-0.3, -0.25) is 4.79 Å². The molecular formula is C27H30N2O6. The van der Waals surface area contributed by atoms with Crippen LogP contribution in [0.25, 0.3) is 0 Å². The summed E-state index contributed by atoms with van der Waals surface area (Å²) in [5.41, 5.74) is 3.39. The van der Waals surface area contributed by atoms with Crippen molar-refractivity contribution in [2.24, 2.45) is 0 Å². The highest BCUT2D eigenvalue weighted by atomic mass is 16.7. The van der Waals surface area contributed by atoms with Gasteiger partial charge in [-0.15, -0.1) is 0 Å². The fourth-order valence-electron chi connectivity index (χ4n) is 5.13. The zero-order valence-electron chi connectivity index (χ0n) is 20.1. The minimum Gasteiger partial charge on any atom is -0.496 e. The minimum absolute atomic E-state index is 0.0367. The Balaban J connectivity index is 1.68. The number of methoxy groups -OCH3 is 1. The smallest absolute Gasteiger partial charge is 0.416 e. The number of hydrogen-bond acceptors (Lipinski definition) is 6. The van der Waals surface area contributed by atoms with Gasteiger partial charge in [-0.05, 0) is 61.9 Å². The molecule has 0 bridgehead atoms. The highest BCUT2D eigenvalue weighted by Gasteiger charge is 2.49. The normalized spacial score (nSPS) is 23.1. The third-order valence-corrected chi connectivity index (χ3v) is 6.77. The van der Waals surface area contributed by atoms with E-state index >= 15 is 0 Å². The van der Waals surface area contributed by atoms with Crippen LogP contribution in [0.5, 0.6) is 5.75 Å². The first-order valence-corrected chi connectivity index (χ1v) is 12.0. The Bertz CT molecular complexity index is 1140. The Kier molecular flexibility index (Phi) is 6.49. The molecule has 184 valence electrons. The molecule has 8 nitrogen and oxygen atoms in total. The number of carbonyl (C=O) groups excluding carboxylic acids is 2. The van der Waals surface area contributed by atoms with Crippen LogP contribution in [0.2, 0.25) is 0 Å². The molecule has 2 aromatic rings. The number of rotatable bonds is 5. The van der Waals surface area contributed by atoms with Gasteiger partial charge in [0.1, 0.15) is 12.4 Å². The molecule has 2 amide bonds. The Morgan fingerprint density at radius 3 is 2.80 bits per heavy atom. The molecule has 1 fully saturated rings. The van der Waals surface area contributed by atoms with Gasteiger partial charge in [-0.1, -0.05) is 30.9 Å². The Labute approximate surface area is 205 Å². The Hall–Kier alpha value is -3.36. The van der Waals surface area contributed by atoms with Gasteiger partial charge in [0, 0.05) is 12.3 Å². The molecule has 2 aromatic carbocycles. The van der Waals surface area contributed by atoms with Crippen LogP contribution in [0.4, 0.5) is 16.2 Å². The van der Waals surface area contributed by atoms with Crippen molar-refractivity contribution in [3.63, 3.8) is 0 Å². The van der Waals surface area contributed by atoms with Crippen LogP contribution in [0.3, 0.4) is 0 Å². The standard InChI is InChI=1S/C27H30N2O6/c1-4-12-34-27(31)29-21-14-17(2)23(32-3)16-19(21)25(30)28-20-10-6-5-9-18(20)15-22(28)26(29)35-24-11-7-8-13-33-24/h4-6,9-10,14,16,22,24,26H,1,7-8,11-13,15H2,2-3H3/t22-,24?,26?/m0/s1. The molecule has 0 radical (unpaired) electrons. The quantitative estimate of drug-likeness (QED) is 0.585. The molecule has 0 N–H and O–H groups in total. The van der Waals surface area contributed by atoms with Crippen LogP contribution < -0.4 is 14.5 Å². The van der Waals surface area contributed by atoms with Gasteiger partial charge in [-0.2, -0.15) is 0 Å². The molecular weight excluding hydrogens is 448 g/mol. The topological polar surface area (TPSA) is 77.5 Å². The molecule has 8 heteroatoms. The van der Waals surface area contributed by atoms with Crippen molar-refractivity contribution in [1.29, 1.82) is 0 Å². The number of nitrogens with zero attached hydrogens (tertiary/aromatic N) is 2. The highest BCUT2D eigenvalue weighted by Crippen LogP contribution is 2.43. The molecule has 3 aliphatic heterocycles. The van der Waals surface area contributed by atoms with Crippen LogP contribution in [0.15, 0.2) is 49.1 Å². The van der Waals surface area contributed by atoms with Crippen molar-refractivity contribution in [2.45, 2.75) is 51.2 Å². The number of anilines is 2. The maximum atomic E-state index is 14.1. The highest BCUT2D eigenvalue weighted by molar-refractivity contribution is 6.14. The van der Waals surface area contributed by atoms with Gasteiger partial charge in [0.25, 0.3) is 5.91 Å². The van der Waals surface area contributed by atoms with E-state index in [4.69, 9.17) is 18.9 Å².